The molecule has 0 aliphatic rings. The third-order valence-corrected chi connectivity index (χ3v) is 2.08. The highest BCUT2D eigenvalue weighted by Crippen LogP contribution is 2.30. The third-order valence-electron chi connectivity index (χ3n) is 2.08. The third kappa shape index (κ3) is 1.60. The van der Waals surface area contributed by atoms with Crippen LogP contribution >= 0.6 is 0 Å². The van der Waals surface area contributed by atoms with Gasteiger partial charge in [-0.15, -0.1) is 0 Å². The van der Waals surface area contributed by atoms with E-state index in [4.69, 9.17) is 5.73 Å². The first kappa shape index (κ1) is 9.11. The van der Waals surface area contributed by atoms with Crippen LogP contribution in [0.1, 0.15) is 31.9 Å². The summed E-state index contributed by atoms with van der Waals surface area (Å²) in [7, 11) is 0. The van der Waals surface area contributed by atoms with Crippen LogP contribution in [0.15, 0.2) is 18.2 Å². The Balaban J connectivity index is 3.26. The fourth-order valence-corrected chi connectivity index (χ4v) is 1.29. The highest BCUT2D eigenvalue weighted by atomic mass is 14.6. The van der Waals surface area contributed by atoms with Crippen LogP contribution < -0.4 is 5.73 Å². The van der Waals surface area contributed by atoms with Crippen molar-refractivity contribution in [1.82, 2.24) is 5.73 Å². The van der Waals surface area contributed by atoms with Gasteiger partial charge in [0, 0.05) is 0 Å². The van der Waals surface area contributed by atoms with Crippen LogP contribution in [0.25, 0.3) is 0 Å². The average molecular weight is 162 g/mol. The van der Waals surface area contributed by atoms with Crippen LogP contribution in [0.3, 0.4) is 0 Å². The maximum absolute atomic E-state index is 7.85. The lowest BCUT2D eigenvalue weighted by molar-refractivity contribution is 0.590. The predicted octanol–water partition coefficient (Wildman–Crippen LogP) is 3.21. The lowest BCUT2D eigenvalue weighted by atomic mass is 9.85. The highest BCUT2D eigenvalue weighted by molar-refractivity contribution is 5.52. The molecule has 12 heavy (non-hydrogen) atoms. The van der Waals surface area contributed by atoms with Gasteiger partial charge in [0.25, 0.3) is 0 Å². The van der Waals surface area contributed by atoms with Gasteiger partial charge >= 0.3 is 0 Å². The summed E-state index contributed by atoms with van der Waals surface area (Å²) >= 11 is 0. The van der Waals surface area contributed by atoms with Crippen molar-refractivity contribution in [3.63, 3.8) is 0 Å². The Kier molecular flexibility index (Phi) is 2.14. The predicted molar refractivity (Wildman–Crippen MR) is 52.6 cm³/mol. The monoisotopic (exact) mass is 162 g/mol. The van der Waals surface area contributed by atoms with Gasteiger partial charge in [-0.2, -0.15) is 0 Å². The molecule has 0 saturated carbocycles. The van der Waals surface area contributed by atoms with Crippen LogP contribution in [-0.2, 0) is 5.41 Å². The normalized spacial score (nSPS) is 11.7. The summed E-state index contributed by atoms with van der Waals surface area (Å²) in [5.74, 6) is 0. The van der Waals surface area contributed by atoms with Gasteiger partial charge in [-0.1, -0.05) is 39.0 Å². The van der Waals surface area contributed by atoms with Gasteiger partial charge in [0.1, 0.15) is 0 Å². The second-order valence-electron chi connectivity index (χ2n) is 4.25. The molecule has 0 saturated heterocycles. The Morgan fingerprint density at radius 1 is 1.17 bits per heavy atom. The minimum atomic E-state index is 0.0864. The van der Waals surface area contributed by atoms with Crippen molar-refractivity contribution in [3.8, 4) is 0 Å². The number of hydrogen-bond donors (Lipinski definition) is 0. The first-order chi connectivity index (χ1) is 5.43. The summed E-state index contributed by atoms with van der Waals surface area (Å²) < 4.78 is 0. The summed E-state index contributed by atoms with van der Waals surface area (Å²) in [6.07, 6.45) is 0. The zero-order valence-electron chi connectivity index (χ0n) is 8.23. The molecule has 0 atom stereocenters. The molecule has 1 rings (SSSR count). The molecule has 65 valence electrons. The Labute approximate surface area is 74.6 Å². The molecule has 0 fully saturated rings. The molecule has 1 aromatic rings. The second-order valence-corrected chi connectivity index (χ2v) is 4.25. The molecule has 1 N–H and O–H groups in total. The molecule has 0 unspecified atom stereocenters. The summed E-state index contributed by atoms with van der Waals surface area (Å²) in [6.45, 7) is 8.40. The molecular formula is C11H16N. The molecule has 0 spiro atoms. The first-order valence-electron chi connectivity index (χ1n) is 4.24. The van der Waals surface area contributed by atoms with Gasteiger partial charge in [-0.05, 0) is 23.5 Å². The Bertz CT molecular complexity index is 282. The van der Waals surface area contributed by atoms with E-state index in [9.17, 15) is 0 Å². The molecule has 1 radical (unpaired) electrons. The number of hydrogen-bond acceptors (Lipinski definition) is 0. The second kappa shape index (κ2) is 2.81. The summed E-state index contributed by atoms with van der Waals surface area (Å²) in [5, 5.41) is 0. The van der Waals surface area contributed by atoms with E-state index < -0.39 is 0 Å². The van der Waals surface area contributed by atoms with Crippen LogP contribution in [0, 0.1) is 6.92 Å². The van der Waals surface area contributed by atoms with E-state index in [0.717, 1.165) is 11.1 Å². The lowest BCUT2D eigenvalue weighted by Crippen LogP contribution is -2.12. The van der Waals surface area contributed by atoms with Crippen LogP contribution in [0.4, 0.5) is 5.69 Å². The molecule has 0 amide bonds. The molecule has 0 aliphatic carbocycles. The van der Waals surface area contributed by atoms with Gasteiger partial charge in [-0.25, -0.2) is 0 Å². The van der Waals surface area contributed by atoms with Gasteiger partial charge in [0.05, 0.1) is 5.69 Å². The smallest absolute Gasteiger partial charge is 0.0606 e. The van der Waals surface area contributed by atoms with E-state index in [1.807, 2.05) is 25.1 Å². The molecular weight excluding hydrogens is 146 g/mol. The van der Waals surface area contributed by atoms with E-state index >= 15 is 0 Å². The summed E-state index contributed by atoms with van der Waals surface area (Å²) in [6, 6.07) is 6.04. The molecule has 1 nitrogen and oxygen atoms in total. The van der Waals surface area contributed by atoms with Crippen LogP contribution in [0.2, 0.25) is 0 Å². The van der Waals surface area contributed by atoms with Crippen molar-refractivity contribution in [2.75, 3.05) is 0 Å². The first-order valence-corrected chi connectivity index (χ1v) is 4.24. The van der Waals surface area contributed by atoms with E-state index in [1.54, 1.807) is 0 Å². The van der Waals surface area contributed by atoms with Crippen molar-refractivity contribution in [2.45, 2.75) is 33.1 Å². The van der Waals surface area contributed by atoms with Gasteiger partial charge in [0.15, 0.2) is 0 Å². The Morgan fingerprint density at radius 2 is 1.75 bits per heavy atom. The van der Waals surface area contributed by atoms with Crippen molar-refractivity contribution in [2.24, 2.45) is 0 Å². The van der Waals surface area contributed by atoms with Crippen molar-refractivity contribution >= 4 is 5.69 Å². The molecule has 1 heteroatoms. The van der Waals surface area contributed by atoms with E-state index in [1.165, 1.54) is 0 Å². The molecule has 0 heterocycles. The number of nitrogens with one attached hydrogen (secondary N) is 1. The van der Waals surface area contributed by atoms with E-state index in [2.05, 4.69) is 20.8 Å². The van der Waals surface area contributed by atoms with Crippen molar-refractivity contribution < 1.29 is 0 Å². The van der Waals surface area contributed by atoms with E-state index in [-0.39, 0.29) is 5.41 Å². The lowest BCUT2D eigenvalue weighted by Gasteiger charge is -2.21. The Morgan fingerprint density at radius 3 is 2.17 bits per heavy atom. The number of rotatable bonds is 0. The maximum Gasteiger partial charge on any atom is 0.0606 e. The standard InChI is InChI=1S/C11H16N/c1-8-6-5-7-9(10(8)12)11(2,3)4/h5-7,12H,1-4H3. The quantitative estimate of drug-likeness (QED) is 0.559. The minimum Gasteiger partial charge on any atom is -0.300 e. The zero-order chi connectivity index (χ0) is 9.35. The topological polar surface area (TPSA) is 23.8 Å². The number of benzene rings is 1. The van der Waals surface area contributed by atoms with Gasteiger partial charge in [-0.3, -0.25) is 0 Å². The zero-order valence-corrected chi connectivity index (χ0v) is 8.23. The molecule has 0 aromatic heterocycles. The molecule has 1 aromatic carbocycles. The fraction of sp³-hybridized carbons (Fsp3) is 0.455. The van der Waals surface area contributed by atoms with Crippen LogP contribution in [0.5, 0.6) is 0 Å². The van der Waals surface area contributed by atoms with Gasteiger partial charge < -0.3 is 5.73 Å². The Hall–Kier alpha value is -0.980. The van der Waals surface area contributed by atoms with Crippen molar-refractivity contribution in [1.29, 1.82) is 0 Å². The average Bonchev–Trinajstić information content (AvgIpc) is 1.92. The largest absolute Gasteiger partial charge is 0.300 e. The van der Waals surface area contributed by atoms with Gasteiger partial charge in [0.2, 0.25) is 0 Å². The van der Waals surface area contributed by atoms with E-state index in [0.29, 0.717) is 5.69 Å². The molecule has 0 bridgehead atoms. The van der Waals surface area contributed by atoms with Crippen LogP contribution in [-0.4, -0.2) is 0 Å². The maximum atomic E-state index is 7.85. The minimum absolute atomic E-state index is 0.0864. The number of aryl methyl sites for hydroxylation is 1. The summed E-state index contributed by atoms with van der Waals surface area (Å²) in [5.41, 5.74) is 10.8. The van der Waals surface area contributed by atoms with Crippen molar-refractivity contribution in [3.05, 3.63) is 29.3 Å². The SMILES string of the molecule is Cc1cccc(C(C)(C)C)c1[NH]. The fourth-order valence-electron chi connectivity index (χ4n) is 1.29. The highest BCUT2D eigenvalue weighted by Gasteiger charge is 2.17. The summed E-state index contributed by atoms with van der Waals surface area (Å²) in [4.78, 5) is 0. The molecule has 0 aliphatic heterocycles.